The van der Waals surface area contributed by atoms with Crippen LogP contribution in [0.4, 0.5) is 5.82 Å². The van der Waals surface area contributed by atoms with Crippen molar-refractivity contribution in [1.82, 2.24) is 35.2 Å². The fourth-order valence-corrected chi connectivity index (χ4v) is 5.84. The number of aromatic amines is 1. The van der Waals surface area contributed by atoms with Gasteiger partial charge in [0.1, 0.15) is 29.1 Å². The molecule has 14 heteroatoms. The molecule has 5 rings (SSSR count). The molecule has 1 aliphatic carbocycles. The van der Waals surface area contributed by atoms with Gasteiger partial charge in [0, 0.05) is 43.3 Å². The van der Waals surface area contributed by atoms with Gasteiger partial charge in [0.15, 0.2) is 5.82 Å². The van der Waals surface area contributed by atoms with Crippen LogP contribution in [0.5, 0.6) is 5.75 Å². The lowest BCUT2D eigenvalue weighted by atomic mass is 9.81. The molecule has 0 unspecified atom stereocenters. The summed E-state index contributed by atoms with van der Waals surface area (Å²) in [6.45, 7) is 5.46. The maximum Gasteiger partial charge on any atom is 0.223 e. The first-order valence-corrected chi connectivity index (χ1v) is 15.9. The minimum atomic E-state index is -0.0603. The molecule has 248 valence electrons. The van der Waals surface area contributed by atoms with Crippen molar-refractivity contribution in [1.29, 1.82) is 0 Å². The van der Waals surface area contributed by atoms with E-state index in [1.165, 1.54) is 6.33 Å². The van der Waals surface area contributed by atoms with Crippen molar-refractivity contribution < 1.29 is 28.5 Å². The Balaban J connectivity index is 1.05. The molecule has 14 nitrogen and oxygen atoms in total. The Hall–Kier alpha value is -4.27. The maximum atomic E-state index is 12.9. The number of carbonyl (C=O) groups excluding carboxylic acids is 2. The number of amides is 2. The van der Waals surface area contributed by atoms with Crippen molar-refractivity contribution >= 4 is 34.1 Å². The van der Waals surface area contributed by atoms with Crippen LogP contribution >= 0.6 is 0 Å². The number of nitrogens with two attached hydrogens (primary N) is 1. The molecule has 1 aliphatic rings. The van der Waals surface area contributed by atoms with Crippen LogP contribution < -0.4 is 21.1 Å². The highest BCUT2D eigenvalue weighted by Crippen LogP contribution is 2.39. The average Bonchev–Trinajstić information content (AvgIpc) is 3.68. The van der Waals surface area contributed by atoms with E-state index in [2.05, 4.69) is 25.7 Å². The lowest BCUT2D eigenvalue weighted by Crippen LogP contribution is -2.35. The number of nitrogens with zero attached hydrogens (tertiary/aromatic N) is 4. The predicted molar refractivity (Wildman–Crippen MR) is 173 cm³/mol. The lowest BCUT2D eigenvalue weighted by molar-refractivity contribution is -0.126. The van der Waals surface area contributed by atoms with E-state index in [1.54, 1.807) is 11.6 Å². The molecule has 3 heterocycles. The third kappa shape index (κ3) is 8.11. The van der Waals surface area contributed by atoms with Crippen LogP contribution in [0.3, 0.4) is 0 Å². The molecule has 0 saturated heterocycles. The summed E-state index contributed by atoms with van der Waals surface area (Å²) in [6, 6.07) is 7.91. The topological polar surface area (TPSA) is 180 Å². The Morgan fingerprint density at radius 3 is 2.52 bits per heavy atom. The molecule has 0 spiro atoms. The number of anilines is 1. The summed E-state index contributed by atoms with van der Waals surface area (Å²) in [5.74, 6) is 1.99. The Labute approximate surface area is 267 Å². The van der Waals surface area contributed by atoms with Gasteiger partial charge in [-0.15, -0.1) is 0 Å². The molecule has 1 fully saturated rings. The van der Waals surface area contributed by atoms with Crippen molar-refractivity contribution in [2.45, 2.75) is 44.9 Å². The Kier molecular flexibility index (Phi) is 11.8. The SMILES string of the molecule is CCOCCC(=O)NCCOCCOCCNC(=O)[C@H]1CC[C@H](c2nc(-c3cc4cccc(OC)c4[nH]3)c3c(N)ncnn32)CC1. The van der Waals surface area contributed by atoms with Crippen molar-refractivity contribution in [2.75, 3.05) is 65.6 Å². The number of H-pyrrole nitrogens is 1. The zero-order chi connectivity index (χ0) is 32.3. The second kappa shape index (κ2) is 16.3. The first kappa shape index (κ1) is 33.1. The van der Waals surface area contributed by atoms with Gasteiger partial charge in [-0.2, -0.15) is 5.10 Å². The molecule has 0 radical (unpaired) electrons. The van der Waals surface area contributed by atoms with Gasteiger partial charge in [0.25, 0.3) is 0 Å². The molecule has 0 aliphatic heterocycles. The number of nitrogens with one attached hydrogen (secondary N) is 3. The predicted octanol–water partition coefficient (Wildman–Crippen LogP) is 2.83. The van der Waals surface area contributed by atoms with Crippen LogP contribution in [0.25, 0.3) is 27.8 Å². The van der Waals surface area contributed by atoms with Gasteiger partial charge in [-0.05, 0) is 44.7 Å². The quantitative estimate of drug-likeness (QED) is 0.126. The van der Waals surface area contributed by atoms with Crippen molar-refractivity contribution in [2.24, 2.45) is 5.92 Å². The molecule has 2 amide bonds. The third-order valence-electron chi connectivity index (χ3n) is 8.21. The van der Waals surface area contributed by atoms with E-state index in [4.69, 9.17) is 29.7 Å². The van der Waals surface area contributed by atoms with Crippen molar-refractivity contribution in [3.8, 4) is 17.1 Å². The van der Waals surface area contributed by atoms with Crippen LogP contribution in [-0.4, -0.2) is 96.2 Å². The highest BCUT2D eigenvalue weighted by Gasteiger charge is 2.31. The van der Waals surface area contributed by atoms with Gasteiger partial charge in [-0.3, -0.25) is 9.59 Å². The summed E-state index contributed by atoms with van der Waals surface area (Å²) in [4.78, 5) is 37.2. The van der Waals surface area contributed by atoms with E-state index in [0.717, 1.165) is 53.9 Å². The number of rotatable bonds is 17. The van der Waals surface area contributed by atoms with Gasteiger partial charge in [0.05, 0.1) is 51.4 Å². The first-order chi connectivity index (χ1) is 22.5. The van der Waals surface area contributed by atoms with Gasteiger partial charge in [0.2, 0.25) is 11.8 Å². The van der Waals surface area contributed by atoms with E-state index < -0.39 is 0 Å². The summed E-state index contributed by atoms with van der Waals surface area (Å²) in [6.07, 6.45) is 4.92. The largest absolute Gasteiger partial charge is 0.495 e. The first-order valence-electron chi connectivity index (χ1n) is 15.9. The standard InChI is InChI=1S/C32H44N8O6/c1-3-44-14-11-26(41)34-12-15-45-17-18-46-16-13-35-32(42)22-9-7-21(8-10-22)31-39-28(29-30(33)36-20-37-40(29)31)24-19-23-5-4-6-25(43-2)27(23)38-24/h4-6,19-22,38H,3,7-18H2,1-2H3,(H,34,41)(H,35,42)(H2,33,36,37)/t21-,22-. The number of hydrogen-bond acceptors (Lipinski definition) is 10. The molecule has 1 saturated carbocycles. The van der Waals surface area contributed by atoms with Crippen LogP contribution in [-0.2, 0) is 23.8 Å². The summed E-state index contributed by atoms with van der Waals surface area (Å²) in [5, 5.41) is 11.3. The third-order valence-corrected chi connectivity index (χ3v) is 8.21. The number of nitrogen functional groups attached to an aromatic ring is 1. The number of fused-ring (bicyclic) bond motifs is 2. The number of aromatic nitrogens is 5. The summed E-state index contributed by atoms with van der Waals surface area (Å²) in [5.41, 5.74) is 9.39. The molecule has 5 N–H and O–H groups in total. The Bertz CT molecular complexity index is 1600. The van der Waals surface area contributed by atoms with Crippen molar-refractivity contribution in [3.05, 3.63) is 36.4 Å². The lowest BCUT2D eigenvalue weighted by Gasteiger charge is -2.26. The number of carbonyl (C=O) groups is 2. The zero-order valence-electron chi connectivity index (χ0n) is 26.5. The fourth-order valence-electron chi connectivity index (χ4n) is 5.84. The van der Waals surface area contributed by atoms with E-state index in [1.807, 2.05) is 31.2 Å². The van der Waals surface area contributed by atoms with Crippen LogP contribution in [0, 0.1) is 5.92 Å². The van der Waals surface area contributed by atoms with Crippen LogP contribution in [0.2, 0.25) is 0 Å². The van der Waals surface area contributed by atoms with Gasteiger partial charge >= 0.3 is 0 Å². The minimum Gasteiger partial charge on any atom is -0.495 e. The number of imidazole rings is 1. The van der Waals surface area contributed by atoms with Gasteiger partial charge < -0.3 is 40.3 Å². The second-order valence-electron chi connectivity index (χ2n) is 11.2. The molecule has 0 bridgehead atoms. The highest BCUT2D eigenvalue weighted by atomic mass is 16.5. The number of para-hydroxylation sites is 1. The monoisotopic (exact) mass is 636 g/mol. The van der Waals surface area contributed by atoms with E-state index in [9.17, 15) is 9.59 Å². The van der Waals surface area contributed by atoms with Crippen LogP contribution in [0.1, 0.15) is 50.8 Å². The number of benzene rings is 1. The molecule has 1 aromatic carbocycles. The zero-order valence-corrected chi connectivity index (χ0v) is 26.5. The van der Waals surface area contributed by atoms with E-state index in [-0.39, 0.29) is 23.7 Å². The maximum absolute atomic E-state index is 12.9. The number of hydrogen-bond donors (Lipinski definition) is 4. The molecular formula is C32H44N8O6. The molecule has 0 atom stereocenters. The number of methoxy groups -OCH3 is 1. The molecule has 4 aromatic rings. The van der Waals surface area contributed by atoms with Crippen molar-refractivity contribution in [3.63, 3.8) is 0 Å². The van der Waals surface area contributed by atoms with E-state index >= 15 is 0 Å². The minimum absolute atomic E-state index is 0.0469. The number of ether oxygens (including phenoxy) is 4. The van der Waals surface area contributed by atoms with E-state index in [0.29, 0.717) is 76.2 Å². The smallest absolute Gasteiger partial charge is 0.223 e. The fraction of sp³-hybridized carbons (Fsp3) is 0.531. The Morgan fingerprint density at radius 2 is 1.78 bits per heavy atom. The summed E-state index contributed by atoms with van der Waals surface area (Å²) >= 11 is 0. The summed E-state index contributed by atoms with van der Waals surface area (Å²) < 4.78 is 23.5. The highest BCUT2D eigenvalue weighted by molar-refractivity contribution is 5.93. The molecule has 46 heavy (non-hydrogen) atoms. The average molecular weight is 637 g/mol. The summed E-state index contributed by atoms with van der Waals surface area (Å²) in [7, 11) is 1.65. The molecule has 3 aromatic heterocycles. The van der Waals surface area contributed by atoms with Crippen LogP contribution in [0.15, 0.2) is 30.6 Å². The van der Waals surface area contributed by atoms with Gasteiger partial charge in [-0.25, -0.2) is 14.5 Å². The van der Waals surface area contributed by atoms with Gasteiger partial charge in [-0.1, -0.05) is 12.1 Å². The molecular weight excluding hydrogens is 592 g/mol. The Morgan fingerprint density at radius 1 is 1.02 bits per heavy atom. The second-order valence-corrected chi connectivity index (χ2v) is 11.2. The normalized spacial score (nSPS) is 16.6.